The van der Waals surface area contributed by atoms with E-state index < -0.39 is 24.3 Å². The quantitative estimate of drug-likeness (QED) is 0.450. The molecular weight excluding hydrogens is 431 g/mol. The molecule has 3 aromatic rings. The Morgan fingerprint density at radius 2 is 1.85 bits per heavy atom. The van der Waals surface area contributed by atoms with Crippen LogP contribution in [0.2, 0.25) is 0 Å². The Hall–Kier alpha value is -3.06. The van der Waals surface area contributed by atoms with E-state index in [-0.39, 0.29) is 17.7 Å². The van der Waals surface area contributed by atoms with Gasteiger partial charge in [-0.3, -0.25) is 0 Å². The number of carbonyl (C=O) groups is 1. The second kappa shape index (κ2) is 9.83. The summed E-state index contributed by atoms with van der Waals surface area (Å²) in [5, 5.41) is 14.8. The fourth-order valence-electron chi connectivity index (χ4n) is 4.64. The van der Waals surface area contributed by atoms with Crippen LogP contribution in [0.5, 0.6) is 5.75 Å². The van der Waals surface area contributed by atoms with Gasteiger partial charge in [0, 0.05) is 6.04 Å². The van der Waals surface area contributed by atoms with Gasteiger partial charge in [-0.1, -0.05) is 42.5 Å². The van der Waals surface area contributed by atoms with E-state index in [2.05, 4.69) is 35.6 Å². The summed E-state index contributed by atoms with van der Waals surface area (Å²) in [6.45, 7) is 0.116. The van der Waals surface area contributed by atoms with Crippen molar-refractivity contribution in [1.82, 2.24) is 5.32 Å². The van der Waals surface area contributed by atoms with Gasteiger partial charge >= 0.3 is 12.1 Å². The first-order valence-electron chi connectivity index (χ1n) is 11.1. The Morgan fingerprint density at radius 1 is 1.06 bits per heavy atom. The number of rotatable bonds is 8. The molecule has 7 heteroatoms. The van der Waals surface area contributed by atoms with Gasteiger partial charge in [0.15, 0.2) is 6.61 Å². The molecule has 4 nitrogen and oxygen atoms in total. The number of fused-ring (bicyclic) bond motifs is 1. The predicted molar refractivity (Wildman–Crippen MR) is 121 cm³/mol. The van der Waals surface area contributed by atoms with Crippen LogP contribution in [0.25, 0.3) is 10.8 Å². The standard InChI is InChI=1S/C26H26F3NO3/c27-26(28,29)21-12-20(14-23(15-21)33-16-25(31)32)19-8-9-22(13-19)30-11-10-18-6-3-5-17-4-1-2-7-24(17)18/h1-7,12,14-15,19,22,30H,8-11,13,16H2,(H,31,32)/t19-,22?/m1/s1. The van der Waals surface area contributed by atoms with E-state index in [0.29, 0.717) is 5.56 Å². The maximum absolute atomic E-state index is 13.4. The minimum Gasteiger partial charge on any atom is -0.482 e. The SMILES string of the molecule is O=C(O)COc1cc([C@@H]2CCC(NCCc3cccc4ccccc34)C2)cc(C(F)(F)F)c1. The molecule has 0 aromatic heterocycles. The van der Waals surface area contributed by atoms with Gasteiger partial charge < -0.3 is 15.2 Å². The van der Waals surface area contributed by atoms with Crippen LogP contribution in [-0.4, -0.2) is 30.3 Å². The van der Waals surface area contributed by atoms with Crippen LogP contribution in [0, 0.1) is 0 Å². The van der Waals surface area contributed by atoms with E-state index in [1.54, 1.807) is 6.07 Å². The van der Waals surface area contributed by atoms with E-state index >= 15 is 0 Å². The third-order valence-electron chi connectivity index (χ3n) is 6.23. The first-order valence-corrected chi connectivity index (χ1v) is 11.1. The van der Waals surface area contributed by atoms with Gasteiger partial charge in [-0.15, -0.1) is 0 Å². The number of carboxylic acids is 1. The van der Waals surface area contributed by atoms with Crippen LogP contribution in [0.15, 0.2) is 60.7 Å². The van der Waals surface area contributed by atoms with Crippen molar-refractivity contribution in [1.29, 1.82) is 0 Å². The van der Waals surface area contributed by atoms with E-state index in [1.807, 2.05) is 12.1 Å². The minimum atomic E-state index is -4.52. The fourth-order valence-corrected chi connectivity index (χ4v) is 4.64. The molecule has 1 saturated carbocycles. The third kappa shape index (κ3) is 5.85. The number of halogens is 3. The number of carboxylic acid groups (broad SMARTS) is 1. The second-order valence-electron chi connectivity index (χ2n) is 8.52. The van der Waals surface area contributed by atoms with E-state index in [1.165, 1.54) is 16.3 Å². The molecule has 0 bridgehead atoms. The van der Waals surface area contributed by atoms with Gasteiger partial charge in [-0.2, -0.15) is 13.2 Å². The molecular formula is C26H26F3NO3. The van der Waals surface area contributed by atoms with Crippen LogP contribution >= 0.6 is 0 Å². The van der Waals surface area contributed by atoms with Crippen molar-refractivity contribution in [3.8, 4) is 5.75 Å². The lowest BCUT2D eigenvalue weighted by atomic mass is 9.95. The average Bonchev–Trinajstić information content (AvgIpc) is 3.26. The van der Waals surface area contributed by atoms with Gasteiger partial charge in [0.25, 0.3) is 0 Å². The van der Waals surface area contributed by atoms with Crippen LogP contribution in [0.1, 0.15) is 41.9 Å². The summed E-state index contributed by atoms with van der Waals surface area (Å²) >= 11 is 0. The normalized spacial score (nSPS) is 18.5. The minimum absolute atomic E-state index is 0.0328. The molecule has 1 aliphatic rings. The zero-order valence-corrected chi connectivity index (χ0v) is 18.1. The summed E-state index contributed by atoms with van der Waals surface area (Å²) in [4.78, 5) is 10.8. The Kier molecular flexibility index (Phi) is 6.88. The van der Waals surface area contributed by atoms with Crippen molar-refractivity contribution in [2.75, 3.05) is 13.2 Å². The van der Waals surface area contributed by atoms with Gasteiger partial charge in [-0.25, -0.2) is 4.79 Å². The third-order valence-corrected chi connectivity index (χ3v) is 6.23. The van der Waals surface area contributed by atoms with Crippen molar-refractivity contribution in [2.24, 2.45) is 0 Å². The maximum atomic E-state index is 13.4. The molecule has 1 aliphatic carbocycles. The Morgan fingerprint density at radius 3 is 2.64 bits per heavy atom. The molecule has 0 aliphatic heterocycles. The van der Waals surface area contributed by atoms with Crippen LogP contribution in [0.4, 0.5) is 13.2 Å². The largest absolute Gasteiger partial charge is 0.482 e. The van der Waals surface area contributed by atoms with Crippen molar-refractivity contribution in [2.45, 2.75) is 43.8 Å². The summed E-state index contributed by atoms with van der Waals surface area (Å²) in [7, 11) is 0. The average molecular weight is 457 g/mol. The molecule has 0 radical (unpaired) electrons. The lowest BCUT2D eigenvalue weighted by Gasteiger charge is -2.17. The van der Waals surface area contributed by atoms with Crippen LogP contribution in [0.3, 0.4) is 0 Å². The molecule has 4 rings (SSSR count). The Balaban J connectivity index is 1.39. The number of benzene rings is 3. The zero-order valence-electron chi connectivity index (χ0n) is 18.1. The molecule has 33 heavy (non-hydrogen) atoms. The summed E-state index contributed by atoms with van der Waals surface area (Å²) in [5.74, 6) is -1.32. The van der Waals surface area contributed by atoms with Crippen molar-refractivity contribution in [3.63, 3.8) is 0 Å². The number of hydrogen-bond acceptors (Lipinski definition) is 3. The van der Waals surface area contributed by atoms with Crippen molar-refractivity contribution in [3.05, 3.63) is 77.4 Å². The molecule has 0 amide bonds. The molecule has 0 spiro atoms. The van der Waals surface area contributed by atoms with Gasteiger partial charge in [0.2, 0.25) is 0 Å². The molecule has 174 valence electrons. The highest BCUT2D eigenvalue weighted by Gasteiger charge is 2.33. The smallest absolute Gasteiger partial charge is 0.416 e. The number of alkyl halides is 3. The molecule has 0 heterocycles. The molecule has 1 fully saturated rings. The second-order valence-corrected chi connectivity index (χ2v) is 8.52. The maximum Gasteiger partial charge on any atom is 0.416 e. The Bertz CT molecular complexity index is 1120. The van der Waals surface area contributed by atoms with E-state index in [0.717, 1.165) is 44.4 Å². The van der Waals surface area contributed by atoms with Gasteiger partial charge in [0.1, 0.15) is 5.75 Å². The van der Waals surface area contributed by atoms with Crippen LogP contribution < -0.4 is 10.1 Å². The van der Waals surface area contributed by atoms with Crippen molar-refractivity contribution >= 4 is 16.7 Å². The van der Waals surface area contributed by atoms with E-state index in [9.17, 15) is 18.0 Å². The monoisotopic (exact) mass is 457 g/mol. The highest BCUT2D eigenvalue weighted by atomic mass is 19.4. The number of aliphatic carboxylic acids is 1. The molecule has 2 atom stereocenters. The number of nitrogens with one attached hydrogen (secondary N) is 1. The topological polar surface area (TPSA) is 58.6 Å². The Labute approximate surface area is 190 Å². The highest BCUT2D eigenvalue weighted by molar-refractivity contribution is 5.85. The lowest BCUT2D eigenvalue weighted by Crippen LogP contribution is -2.28. The predicted octanol–water partition coefficient (Wildman–Crippen LogP) is 5.79. The van der Waals surface area contributed by atoms with Gasteiger partial charge in [-0.05, 0) is 78.2 Å². The molecule has 2 N–H and O–H groups in total. The zero-order chi connectivity index (χ0) is 23.4. The fraction of sp³-hybridized carbons (Fsp3) is 0.346. The summed E-state index contributed by atoms with van der Waals surface area (Å²) in [5.41, 5.74) is 1.00. The summed E-state index contributed by atoms with van der Waals surface area (Å²) < 4.78 is 45.2. The van der Waals surface area contributed by atoms with Crippen molar-refractivity contribution < 1.29 is 27.8 Å². The molecule has 0 saturated heterocycles. The lowest BCUT2D eigenvalue weighted by molar-refractivity contribution is -0.139. The molecule has 1 unspecified atom stereocenters. The van der Waals surface area contributed by atoms with Crippen LogP contribution in [-0.2, 0) is 17.4 Å². The summed E-state index contributed by atoms with van der Waals surface area (Å²) in [6.07, 6.45) is -1.27. The highest BCUT2D eigenvalue weighted by Crippen LogP contribution is 2.40. The number of hydrogen-bond donors (Lipinski definition) is 2. The number of ether oxygens (including phenoxy) is 1. The van der Waals surface area contributed by atoms with E-state index in [4.69, 9.17) is 9.84 Å². The first-order chi connectivity index (χ1) is 15.8. The molecule has 3 aromatic carbocycles. The van der Waals surface area contributed by atoms with Gasteiger partial charge in [0.05, 0.1) is 5.56 Å². The first kappa shape index (κ1) is 23.1. The summed E-state index contributed by atoms with van der Waals surface area (Å²) in [6, 6.07) is 18.3.